The highest BCUT2D eigenvalue weighted by Gasteiger charge is 2.25. The summed E-state index contributed by atoms with van der Waals surface area (Å²) >= 11 is 1.48. The highest BCUT2D eigenvalue weighted by molar-refractivity contribution is 7.18. The van der Waals surface area contributed by atoms with Crippen LogP contribution in [0.15, 0.2) is 29.1 Å². The van der Waals surface area contributed by atoms with Gasteiger partial charge in [-0.3, -0.25) is 9.59 Å². The maximum Gasteiger partial charge on any atom is 0.260 e. The molecule has 3 aromatic rings. The molecule has 1 amide bonds. The summed E-state index contributed by atoms with van der Waals surface area (Å²) in [6, 6.07) is 7.45. The van der Waals surface area contributed by atoms with Crippen LogP contribution in [0.2, 0.25) is 0 Å². The van der Waals surface area contributed by atoms with E-state index in [9.17, 15) is 9.59 Å². The third-order valence-electron chi connectivity index (χ3n) is 5.34. The van der Waals surface area contributed by atoms with Gasteiger partial charge in [0.2, 0.25) is 0 Å². The molecule has 1 saturated heterocycles. The van der Waals surface area contributed by atoms with E-state index in [2.05, 4.69) is 9.97 Å². The number of amides is 1. The Labute approximate surface area is 172 Å². The van der Waals surface area contributed by atoms with Crippen molar-refractivity contribution in [3.8, 4) is 5.75 Å². The van der Waals surface area contributed by atoms with E-state index >= 15 is 0 Å². The Balaban J connectivity index is 1.85. The molecule has 0 spiro atoms. The molecule has 0 unspecified atom stereocenters. The Bertz CT molecular complexity index is 1150. The van der Waals surface area contributed by atoms with Crippen LogP contribution in [0.4, 0.5) is 0 Å². The van der Waals surface area contributed by atoms with Crippen LogP contribution in [0.1, 0.15) is 34.7 Å². The predicted octanol–water partition coefficient (Wildman–Crippen LogP) is 3.77. The number of aromatic nitrogens is 2. The van der Waals surface area contributed by atoms with Crippen LogP contribution in [-0.4, -0.2) is 41.0 Å². The summed E-state index contributed by atoms with van der Waals surface area (Å²) in [5.74, 6) is 0.953. The molecule has 1 aromatic carbocycles. The number of likely N-dealkylation sites (tertiary alicyclic amines) is 1. The van der Waals surface area contributed by atoms with Gasteiger partial charge in [0, 0.05) is 18.0 Å². The van der Waals surface area contributed by atoms with Gasteiger partial charge in [0.1, 0.15) is 16.4 Å². The highest BCUT2D eigenvalue weighted by Crippen LogP contribution is 2.28. The lowest BCUT2D eigenvalue weighted by atomic mass is 10.1. The average Bonchev–Trinajstić information content (AvgIpc) is 3.35. The number of H-pyrrole nitrogens is 1. The molecule has 0 radical (unpaired) electrons. The zero-order valence-corrected chi connectivity index (χ0v) is 17.6. The molecule has 2 aromatic heterocycles. The quantitative estimate of drug-likeness (QED) is 0.666. The maximum absolute atomic E-state index is 13.3. The fourth-order valence-corrected chi connectivity index (χ4v) is 4.60. The van der Waals surface area contributed by atoms with Gasteiger partial charge in [-0.15, -0.1) is 11.3 Å². The lowest BCUT2D eigenvalue weighted by molar-refractivity contribution is -0.123. The van der Waals surface area contributed by atoms with Crippen LogP contribution in [0.3, 0.4) is 0 Å². The van der Waals surface area contributed by atoms with Crippen molar-refractivity contribution in [3.63, 3.8) is 0 Å². The van der Waals surface area contributed by atoms with Gasteiger partial charge in [0.25, 0.3) is 11.5 Å². The number of nitrogens with zero attached hydrogens (tertiary/aromatic N) is 2. The van der Waals surface area contributed by atoms with Gasteiger partial charge in [0.15, 0.2) is 0 Å². The van der Waals surface area contributed by atoms with E-state index in [1.54, 1.807) is 13.2 Å². The second kappa shape index (κ2) is 7.83. The van der Waals surface area contributed by atoms with Gasteiger partial charge in [0.05, 0.1) is 18.1 Å². The fraction of sp³-hybridized carbons (Fsp3) is 0.318. The number of benzene rings is 1. The van der Waals surface area contributed by atoms with Gasteiger partial charge in [-0.2, -0.15) is 0 Å². The van der Waals surface area contributed by atoms with Gasteiger partial charge >= 0.3 is 0 Å². The summed E-state index contributed by atoms with van der Waals surface area (Å²) in [4.78, 5) is 37.1. The Kier molecular flexibility index (Phi) is 5.24. The maximum atomic E-state index is 13.3. The van der Waals surface area contributed by atoms with Crippen LogP contribution in [0.25, 0.3) is 21.9 Å². The molecular formula is C22H23N3O3S. The van der Waals surface area contributed by atoms with Crippen LogP contribution >= 0.6 is 11.3 Å². The standard InChI is InChI=1S/C22H23N3O3S/c1-13-14(2)29-21-18(13)20(26)23-19(24-21)17(22(27)25-10-4-5-11-25)12-15-6-8-16(28-3)9-7-15/h6-9,12H,4-5,10-11H2,1-3H3,(H,23,24,26)/b17-12+. The largest absolute Gasteiger partial charge is 0.497 e. The summed E-state index contributed by atoms with van der Waals surface area (Å²) in [6.07, 6.45) is 3.78. The van der Waals surface area contributed by atoms with E-state index in [0.717, 1.165) is 47.7 Å². The molecule has 1 aliphatic heterocycles. The molecular weight excluding hydrogens is 386 g/mol. The first kappa shape index (κ1) is 19.4. The summed E-state index contributed by atoms with van der Waals surface area (Å²) in [5.41, 5.74) is 1.98. The lowest BCUT2D eigenvalue weighted by Crippen LogP contribution is -2.29. The molecule has 6 nitrogen and oxygen atoms in total. The number of ether oxygens (including phenoxy) is 1. The van der Waals surface area contributed by atoms with Crippen molar-refractivity contribution in [3.05, 3.63) is 56.4 Å². The molecule has 3 heterocycles. The number of fused-ring (bicyclic) bond motifs is 1. The van der Waals surface area contributed by atoms with Crippen molar-refractivity contribution in [2.45, 2.75) is 26.7 Å². The number of hydrogen-bond donors (Lipinski definition) is 1. The van der Waals surface area contributed by atoms with Crippen molar-refractivity contribution in [1.82, 2.24) is 14.9 Å². The van der Waals surface area contributed by atoms with Crippen molar-refractivity contribution in [2.24, 2.45) is 0 Å². The number of carbonyl (C=O) groups excluding carboxylic acids is 1. The molecule has 1 N–H and O–H groups in total. The zero-order valence-electron chi connectivity index (χ0n) is 16.7. The molecule has 4 rings (SSSR count). The van der Waals surface area contributed by atoms with Crippen molar-refractivity contribution >= 4 is 39.1 Å². The Morgan fingerprint density at radius 1 is 1.21 bits per heavy atom. The smallest absolute Gasteiger partial charge is 0.260 e. The molecule has 29 heavy (non-hydrogen) atoms. The number of methoxy groups -OCH3 is 1. The second-order valence-corrected chi connectivity index (χ2v) is 8.41. The number of aromatic amines is 1. The summed E-state index contributed by atoms with van der Waals surface area (Å²) < 4.78 is 5.21. The molecule has 1 fully saturated rings. The second-order valence-electron chi connectivity index (χ2n) is 7.21. The minimum Gasteiger partial charge on any atom is -0.497 e. The van der Waals surface area contributed by atoms with Crippen LogP contribution < -0.4 is 10.3 Å². The van der Waals surface area contributed by atoms with Gasteiger partial charge in [-0.1, -0.05) is 12.1 Å². The summed E-state index contributed by atoms with van der Waals surface area (Å²) in [7, 11) is 1.61. The molecule has 0 bridgehead atoms. The first-order chi connectivity index (χ1) is 14.0. The minimum absolute atomic E-state index is 0.106. The lowest BCUT2D eigenvalue weighted by Gasteiger charge is -2.17. The number of hydrogen-bond acceptors (Lipinski definition) is 5. The number of carbonyl (C=O) groups is 1. The van der Waals surface area contributed by atoms with Crippen LogP contribution in [0.5, 0.6) is 5.75 Å². The first-order valence-electron chi connectivity index (χ1n) is 9.63. The molecule has 0 aliphatic carbocycles. The monoisotopic (exact) mass is 409 g/mol. The molecule has 150 valence electrons. The zero-order chi connectivity index (χ0) is 20.5. The first-order valence-corrected chi connectivity index (χ1v) is 10.4. The van der Waals surface area contributed by atoms with E-state index in [1.807, 2.05) is 43.0 Å². The normalized spacial score (nSPS) is 14.6. The van der Waals surface area contributed by atoms with Gasteiger partial charge in [-0.25, -0.2) is 4.98 Å². The number of nitrogens with one attached hydrogen (secondary N) is 1. The average molecular weight is 410 g/mol. The Hall–Kier alpha value is -2.93. The van der Waals surface area contributed by atoms with E-state index in [-0.39, 0.29) is 11.5 Å². The fourth-order valence-electron chi connectivity index (χ4n) is 3.57. The number of rotatable bonds is 4. The molecule has 7 heteroatoms. The predicted molar refractivity (Wildman–Crippen MR) is 116 cm³/mol. The number of thiophene rings is 1. The molecule has 0 saturated carbocycles. The van der Waals surface area contributed by atoms with Crippen LogP contribution in [-0.2, 0) is 4.79 Å². The third kappa shape index (κ3) is 3.70. The van der Waals surface area contributed by atoms with E-state index in [0.29, 0.717) is 21.6 Å². The van der Waals surface area contributed by atoms with Gasteiger partial charge < -0.3 is 14.6 Å². The SMILES string of the molecule is COc1ccc(/C=C(/C(=O)N2CCCC2)c2nc3sc(C)c(C)c3c(=O)[nH]2)cc1. The number of aryl methyl sites for hydroxylation is 2. The molecule has 1 aliphatic rings. The third-order valence-corrected chi connectivity index (χ3v) is 6.45. The Morgan fingerprint density at radius 2 is 1.90 bits per heavy atom. The minimum atomic E-state index is -0.207. The molecule has 0 atom stereocenters. The van der Waals surface area contributed by atoms with E-state index < -0.39 is 0 Å². The van der Waals surface area contributed by atoms with Crippen molar-refractivity contribution in [2.75, 3.05) is 20.2 Å². The van der Waals surface area contributed by atoms with Crippen molar-refractivity contribution in [1.29, 1.82) is 0 Å². The highest BCUT2D eigenvalue weighted by atomic mass is 32.1. The van der Waals surface area contributed by atoms with E-state index in [1.165, 1.54) is 11.3 Å². The van der Waals surface area contributed by atoms with E-state index in [4.69, 9.17) is 4.74 Å². The van der Waals surface area contributed by atoms with Crippen LogP contribution in [0, 0.1) is 13.8 Å². The Morgan fingerprint density at radius 3 is 2.55 bits per heavy atom. The summed E-state index contributed by atoms with van der Waals surface area (Å²) in [6.45, 7) is 5.35. The van der Waals surface area contributed by atoms with Gasteiger partial charge in [-0.05, 0) is 56.0 Å². The topological polar surface area (TPSA) is 75.3 Å². The summed E-state index contributed by atoms with van der Waals surface area (Å²) in [5, 5.41) is 0.605. The van der Waals surface area contributed by atoms with Crippen molar-refractivity contribution < 1.29 is 9.53 Å².